The van der Waals surface area contributed by atoms with Crippen molar-refractivity contribution in [1.82, 2.24) is 14.5 Å². The van der Waals surface area contributed by atoms with Crippen LogP contribution in [0.15, 0.2) is 6.20 Å². The molecule has 0 radical (unpaired) electrons. The predicted octanol–water partition coefficient (Wildman–Crippen LogP) is 2.20. The van der Waals surface area contributed by atoms with Crippen LogP contribution < -0.4 is 0 Å². The molecule has 2 aliphatic rings. The standard InChI is InChI=1S/C13H21N3/c1-10-4-3-5-12-8-14-13(16(10)12)11-6-7-15(2)9-11/h8,10-11H,3-7,9H2,1-2H3. The summed E-state index contributed by atoms with van der Waals surface area (Å²) in [5.41, 5.74) is 1.46. The van der Waals surface area contributed by atoms with Crippen molar-refractivity contribution in [2.45, 2.75) is 44.6 Å². The van der Waals surface area contributed by atoms with Gasteiger partial charge in [-0.15, -0.1) is 0 Å². The zero-order valence-electron chi connectivity index (χ0n) is 10.3. The third-order valence-corrected chi connectivity index (χ3v) is 4.15. The summed E-state index contributed by atoms with van der Waals surface area (Å²) in [6.45, 7) is 4.75. The molecule has 0 bridgehead atoms. The van der Waals surface area contributed by atoms with E-state index in [1.54, 1.807) is 0 Å². The molecular weight excluding hydrogens is 198 g/mol. The second-order valence-corrected chi connectivity index (χ2v) is 5.47. The smallest absolute Gasteiger partial charge is 0.113 e. The molecule has 1 aromatic rings. The maximum Gasteiger partial charge on any atom is 0.113 e. The van der Waals surface area contributed by atoms with Gasteiger partial charge in [-0.05, 0) is 46.2 Å². The number of hydrogen-bond acceptors (Lipinski definition) is 2. The fraction of sp³-hybridized carbons (Fsp3) is 0.769. The van der Waals surface area contributed by atoms with Crippen molar-refractivity contribution in [3.05, 3.63) is 17.7 Å². The molecule has 0 aliphatic carbocycles. The number of nitrogens with zero attached hydrogens (tertiary/aromatic N) is 3. The summed E-state index contributed by atoms with van der Waals surface area (Å²) in [6, 6.07) is 0.659. The van der Waals surface area contributed by atoms with Gasteiger partial charge < -0.3 is 9.47 Å². The summed E-state index contributed by atoms with van der Waals surface area (Å²) in [6.07, 6.45) is 7.26. The molecule has 0 saturated carbocycles. The van der Waals surface area contributed by atoms with Gasteiger partial charge in [0, 0.05) is 30.4 Å². The Morgan fingerprint density at radius 2 is 2.25 bits per heavy atom. The van der Waals surface area contributed by atoms with E-state index in [0.717, 1.165) is 0 Å². The maximum atomic E-state index is 4.70. The van der Waals surface area contributed by atoms with E-state index in [1.807, 2.05) is 0 Å². The van der Waals surface area contributed by atoms with Gasteiger partial charge in [-0.1, -0.05) is 0 Å². The highest BCUT2D eigenvalue weighted by Crippen LogP contribution is 2.32. The average molecular weight is 219 g/mol. The van der Waals surface area contributed by atoms with Crippen LogP contribution in [0.2, 0.25) is 0 Å². The fourth-order valence-electron chi connectivity index (χ4n) is 3.26. The van der Waals surface area contributed by atoms with Crippen LogP contribution in [-0.4, -0.2) is 34.6 Å². The summed E-state index contributed by atoms with van der Waals surface area (Å²) < 4.78 is 2.52. The van der Waals surface area contributed by atoms with E-state index in [0.29, 0.717) is 12.0 Å². The molecule has 0 aromatic carbocycles. The Morgan fingerprint density at radius 3 is 3.00 bits per heavy atom. The Hall–Kier alpha value is -0.830. The van der Waals surface area contributed by atoms with Crippen molar-refractivity contribution < 1.29 is 0 Å². The maximum absolute atomic E-state index is 4.70. The van der Waals surface area contributed by atoms with Gasteiger partial charge in [0.1, 0.15) is 5.82 Å². The van der Waals surface area contributed by atoms with E-state index < -0.39 is 0 Å². The number of aromatic nitrogens is 2. The lowest BCUT2D eigenvalue weighted by Crippen LogP contribution is -2.20. The zero-order chi connectivity index (χ0) is 11.1. The first-order valence-corrected chi connectivity index (χ1v) is 6.50. The van der Waals surface area contributed by atoms with Gasteiger partial charge in [-0.3, -0.25) is 0 Å². The van der Waals surface area contributed by atoms with Crippen LogP contribution in [0.1, 0.15) is 49.7 Å². The van der Waals surface area contributed by atoms with Crippen molar-refractivity contribution in [3.63, 3.8) is 0 Å². The number of aryl methyl sites for hydroxylation is 1. The Morgan fingerprint density at radius 1 is 1.38 bits per heavy atom. The SMILES string of the molecule is CC1CCCc2cnc(C3CCN(C)C3)n21. The van der Waals surface area contributed by atoms with E-state index in [-0.39, 0.29) is 0 Å². The lowest BCUT2D eigenvalue weighted by atomic mass is 10.0. The fourth-order valence-corrected chi connectivity index (χ4v) is 3.26. The molecule has 16 heavy (non-hydrogen) atoms. The first-order chi connectivity index (χ1) is 7.75. The van der Waals surface area contributed by atoms with Crippen molar-refractivity contribution in [2.75, 3.05) is 20.1 Å². The summed E-state index contributed by atoms with van der Waals surface area (Å²) in [4.78, 5) is 7.12. The molecule has 1 fully saturated rings. The van der Waals surface area contributed by atoms with Crippen molar-refractivity contribution in [1.29, 1.82) is 0 Å². The molecule has 2 aliphatic heterocycles. The summed E-state index contributed by atoms with van der Waals surface area (Å²) in [5, 5.41) is 0. The minimum Gasteiger partial charge on any atom is -0.329 e. The van der Waals surface area contributed by atoms with E-state index in [1.165, 1.54) is 50.3 Å². The second kappa shape index (κ2) is 3.88. The molecular formula is C13H21N3. The van der Waals surface area contributed by atoms with Crippen LogP contribution >= 0.6 is 0 Å². The molecule has 2 atom stereocenters. The monoisotopic (exact) mass is 219 g/mol. The highest BCUT2D eigenvalue weighted by atomic mass is 15.2. The van der Waals surface area contributed by atoms with Gasteiger partial charge in [0.15, 0.2) is 0 Å². The molecule has 3 nitrogen and oxygen atoms in total. The van der Waals surface area contributed by atoms with E-state index in [4.69, 9.17) is 4.98 Å². The zero-order valence-corrected chi connectivity index (χ0v) is 10.3. The Balaban J connectivity index is 1.93. The number of fused-ring (bicyclic) bond motifs is 1. The third kappa shape index (κ3) is 1.58. The van der Waals surface area contributed by atoms with Gasteiger partial charge in [0.05, 0.1) is 0 Å². The number of imidazole rings is 1. The summed E-state index contributed by atoms with van der Waals surface area (Å²) in [7, 11) is 2.21. The van der Waals surface area contributed by atoms with Crippen LogP contribution in [0.4, 0.5) is 0 Å². The molecule has 0 N–H and O–H groups in total. The lowest BCUT2D eigenvalue weighted by Gasteiger charge is -2.25. The lowest BCUT2D eigenvalue weighted by molar-refractivity contribution is 0.389. The van der Waals surface area contributed by atoms with E-state index >= 15 is 0 Å². The summed E-state index contributed by atoms with van der Waals surface area (Å²) in [5.74, 6) is 2.02. The molecule has 2 unspecified atom stereocenters. The van der Waals surface area contributed by atoms with Crippen molar-refractivity contribution in [2.24, 2.45) is 0 Å². The highest BCUT2D eigenvalue weighted by Gasteiger charge is 2.28. The van der Waals surface area contributed by atoms with Gasteiger partial charge in [0.25, 0.3) is 0 Å². The largest absolute Gasteiger partial charge is 0.329 e. The average Bonchev–Trinajstić information content (AvgIpc) is 2.84. The Labute approximate surface area is 97.5 Å². The van der Waals surface area contributed by atoms with Crippen molar-refractivity contribution >= 4 is 0 Å². The molecule has 0 spiro atoms. The molecule has 0 amide bonds. The van der Waals surface area contributed by atoms with Crippen LogP contribution in [0.3, 0.4) is 0 Å². The van der Waals surface area contributed by atoms with Crippen LogP contribution in [0.5, 0.6) is 0 Å². The van der Waals surface area contributed by atoms with Gasteiger partial charge in [-0.2, -0.15) is 0 Å². The molecule has 1 aromatic heterocycles. The van der Waals surface area contributed by atoms with Crippen LogP contribution in [0, 0.1) is 0 Å². The molecule has 3 heterocycles. The molecule has 3 heteroatoms. The Kier molecular flexibility index (Phi) is 2.51. The van der Waals surface area contributed by atoms with Crippen molar-refractivity contribution in [3.8, 4) is 0 Å². The topological polar surface area (TPSA) is 21.1 Å². The quantitative estimate of drug-likeness (QED) is 0.722. The molecule has 88 valence electrons. The number of rotatable bonds is 1. The Bertz CT molecular complexity index is 383. The minimum atomic E-state index is 0.659. The third-order valence-electron chi connectivity index (χ3n) is 4.15. The number of likely N-dealkylation sites (tertiary alicyclic amines) is 1. The van der Waals surface area contributed by atoms with E-state index in [2.05, 4.69) is 29.6 Å². The predicted molar refractivity (Wildman–Crippen MR) is 64.7 cm³/mol. The van der Waals surface area contributed by atoms with Gasteiger partial charge >= 0.3 is 0 Å². The van der Waals surface area contributed by atoms with E-state index in [9.17, 15) is 0 Å². The second-order valence-electron chi connectivity index (χ2n) is 5.47. The molecule has 3 rings (SSSR count). The highest BCUT2D eigenvalue weighted by molar-refractivity contribution is 5.14. The minimum absolute atomic E-state index is 0.659. The number of likely N-dealkylation sites (N-methyl/N-ethyl adjacent to an activating group) is 1. The summed E-state index contributed by atoms with van der Waals surface area (Å²) >= 11 is 0. The first-order valence-electron chi connectivity index (χ1n) is 6.50. The number of hydrogen-bond donors (Lipinski definition) is 0. The normalized spacial score (nSPS) is 30.6. The van der Waals surface area contributed by atoms with Gasteiger partial charge in [-0.25, -0.2) is 4.98 Å². The van der Waals surface area contributed by atoms with Crippen LogP contribution in [-0.2, 0) is 6.42 Å². The molecule has 1 saturated heterocycles. The van der Waals surface area contributed by atoms with Gasteiger partial charge in [0.2, 0.25) is 0 Å². The first kappa shape index (κ1) is 10.3. The van der Waals surface area contributed by atoms with Crippen LogP contribution in [0.25, 0.3) is 0 Å².